The Bertz CT molecular complexity index is 815. The van der Waals surface area contributed by atoms with Gasteiger partial charge in [-0.1, -0.05) is 24.3 Å². The molecule has 30 heavy (non-hydrogen) atoms. The van der Waals surface area contributed by atoms with Gasteiger partial charge in [-0.2, -0.15) is 0 Å². The van der Waals surface area contributed by atoms with E-state index in [0.717, 1.165) is 23.8 Å². The molecule has 2 aromatic rings. The minimum atomic E-state index is -0.143. The van der Waals surface area contributed by atoms with Crippen molar-refractivity contribution in [3.63, 3.8) is 0 Å². The summed E-state index contributed by atoms with van der Waals surface area (Å²) in [5.74, 6) is 2.12. The number of likely N-dealkylation sites (N-methyl/N-ethyl adjacent to an activating group) is 1. The molecule has 0 bridgehead atoms. The van der Waals surface area contributed by atoms with Gasteiger partial charge in [-0.25, -0.2) is 4.99 Å². The minimum Gasteiger partial charge on any atom is -0.495 e. The van der Waals surface area contributed by atoms with Crippen LogP contribution in [-0.4, -0.2) is 50.6 Å². The van der Waals surface area contributed by atoms with Crippen LogP contribution in [0.5, 0.6) is 11.5 Å². The number of ether oxygens (including phenoxy) is 2. The zero-order valence-electron chi connectivity index (χ0n) is 18.0. The third-order valence-corrected chi connectivity index (χ3v) is 4.12. The second-order valence-corrected chi connectivity index (χ2v) is 6.47. The Morgan fingerprint density at radius 1 is 1.17 bits per heavy atom. The lowest BCUT2D eigenvalue weighted by atomic mass is 10.2. The van der Waals surface area contributed by atoms with Crippen molar-refractivity contribution in [2.75, 3.05) is 39.2 Å². The third kappa shape index (κ3) is 8.48. The minimum absolute atomic E-state index is 0. The van der Waals surface area contributed by atoms with Gasteiger partial charge in [0.1, 0.15) is 18.1 Å². The first-order valence-corrected chi connectivity index (χ1v) is 9.65. The fraction of sp³-hybridized carbons (Fsp3) is 0.364. The number of anilines is 1. The van der Waals surface area contributed by atoms with Gasteiger partial charge in [0.15, 0.2) is 5.96 Å². The molecule has 1 amide bonds. The molecule has 2 rings (SSSR count). The molecule has 8 heteroatoms. The van der Waals surface area contributed by atoms with E-state index < -0.39 is 0 Å². The van der Waals surface area contributed by atoms with Crippen LogP contribution in [0.1, 0.15) is 19.4 Å². The van der Waals surface area contributed by atoms with E-state index in [9.17, 15) is 4.79 Å². The van der Waals surface area contributed by atoms with Gasteiger partial charge < -0.3 is 25.0 Å². The van der Waals surface area contributed by atoms with Gasteiger partial charge in [0.05, 0.1) is 25.9 Å². The van der Waals surface area contributed by atoms with Crippen LogP contribution in [0.15, 0.2) is 53.5 Å². The van der Waals surface area contributed by atoms with Crippen molar-refractivity contribution < 1.29 is 14.3 Å². The average Bonchev–Trinajstić information content (AvgIpc) is 2.71. The number of amides is 1. The molecule has 0 aromatic heterocycles. The van der Waals surface area contributed by atoms with Crippen molar-refractivity contribution >= 4 is 41.5 Å². The lowest BCUT2D eigenvalue weighted by molar-refractivity contribution is -0.114. The maximum Gasteiger partial charge on any atom is 0.221 e. The molecule has 2 N–H and O–H groups in total. The SMILES string of the molecule is CCNC(=NCc1ccc(OC)c(NC(C)=O)c1)N(C)CCOc1ccccc1.I. The molecule has 0 radical (unpaired) electrons. The Morgan fingerprint density at radius 3 is 2.53 bits per heavy atom. The predicted molar refractivity (Wildman–Crippen MR) is 132 cm³/mol. The second-order valence-electron chi connectivity index (χ2n) is 6.47. The monoisotopic (exact) mass is 526 g/mol. The van der Waals surface area contributed by atoms with E-state index in [-0.39, 0.29) is 29.9 Å². The lowest BCUT2D eigenvalue weighted by Crippen LogP contribution is -2.40. The van der Waals surface area contributed by atoms with Crippen molar-refractivity contribution in [1.82, 2.24) is 10.2 Å². The second kappa shape index (κ2) is 13.7. The Morgan fingerprint density at radius 2 is 1.90 bits per heavy atom. The van der Waals surface area contributed by atoms with Gasteiger partial charge in [0.25, 0.3) is 0 Å². The van der Waals surface area contributed by atoms with Crippen molar-refractivity contribution in [1.29, 1.82) is 0 Å². The van der Waals surface area contributed by atoms with Crippen LogP contribution in [0, 0.1) is 0 Å². The molecule has 0 saturated carbocycles. The quantitative estimate of drug-likeness (QED) is 0.296. The van der Waals surface area contributed by atoms with E-state index in [1.807, 2.05) is 67.4 Å². The molecule has 0 fully saturated rings. The Kier molecular flexibility index (Phi) is 11.7. The van der Waals surface area contributed by atoms with E-state index >= 15 is 0 Å². The number of carbonyl (C=O) groups is 1. The fourth-order valence-electron chi connectivity index (χ4n) is 2.70. The fourth-order valence-corrected chi connectivity index (χ4v) is 2.70. The van der Waals surface area contributed by atoms with Crippen molar-refractivity contribution in [3.05, 3.63) is 54.1 Å². The molecule has 0 heterocycles. The normalized spacial score (nSPS) is 10.6. The summed E-state index contributed by atoms with van der Waals surface area (Å²) in [5.41, 5.74) is 1.61. The van der Waals surface area contributed by atoms with Crippen LogP contribution in [-0.2, 0) is 11.3 Å². The summed E-state index contributed by atoms with van der Waals surface area (Å²) in [7, 11) is 3.56. The lowest BCUT2D eigenvalue weighted by Gasteiger charge is -2.22. The number of guanidine groups is 1. The van der Waals surface area contributed by atoms with E-state index in [2.05, 4.69) is 10.6 Å². The summed E-state index contributed by atoms with van der Waals surface area (Å²) in [6.45, 7) is 6.00. The third-order valence-electron chi connectivity index (χ3n) is 4.12. The number of benzene rings is 2. The van der Waals surface area contributed by atoms with Crippen LogP contribution < -0.4 is 20.1 Å². The van der Waals surface area contributed by atoms with Crippen LogP contribution >= 0.6 is 24.0 Å². The highest BCUT2D eigenvalue weighted by Gasteiger charge is 2.08. The van der Waals surface area contributed by atoms with Crippen LogP contribution in [0.25, 0.3) is 0 Å². The molecular formula is C22H31IN4O3. The zero-order valence-corrected chi connectivity index (χ0v) is 20.3. The van der Waals surface area contributed by atoms with E-state index in [1.165, 1.54) is 6.92 Å². The van der Waals surface area contributed by atoms with E-state index in [0.29, 0.717) is 31.1 Å². The van der Waals surface area contributed by atoms with Crippen LogP contribution in [0.4, 0.5) is 5.69 Å². The number of methoxy groups -OCH3 is 1. The highest BCUT2D eigenvalue weighted by atomic mass is 127. The predicted octanol–water partition coefficient (Wildman–Crippen LogP) is 3.75. The van der Waals surface area contributed by atoms with E-state index in [1.54, 1.807) is 7.11 Å². The van der Waals surface area contributed by atoms with Crippen molar-refractivity contribution in [2.24, 2.45) is 4.99 Å². The number of hydrogen-bond acceptors (Lipinski definition) is 4. The number of hydrogen-bond donors (Lipinski definition) is 2. The summed E-state index contributed by atoms with van der Waals surface area (Å²) >= 11 is 0. The van der Waals surface area contributed by atoms with Gasteiger partial charge in [0, 0.05) is 20.5 Å². The molecule has 0 saturated heterocycles. The number of carbonyl (C=O) groups excluding carboxylic acids is 1. The highest BCUT2D eigenvalue weighted by Crippen LogP contribution is 2.25. The molecule has 0 aliphatic carbocycles. The molecule has 0 unspecified atom stereocenters. The standard InChI is InChI=1S/C22H30N4O3.HI/c1-5-23-22(26(3)13-14-29-19-9-7-6-8-10-19)24-16-18-11-12-21(28-4)20(15-18)25-17(2)27;/h6-12,15H,5,13-14,16H2,1-4H3,(H,23,24)(H,25,27);1H. The van der Waals surface area contributed by atoms with Crippen molar-refractivity contribution in [2.45, 2.75) is 20.4 Å². The van der Waals surface area contributed by atoms with Crippen LogP contribution in [0.2, 0.25) is 0 Å². The molecule has 164 valence electrons. The number of nitrogens with zero attached hydrogens (tertiary/aromatic N) is 2. The average molecular weight is 526 g/mol. The van der Waals surface area contributed by atoms with Crippen LogP contribution in [0.3, 0.4) is 0 Å². The van der Waals surface area contributed by atoms with Gasteiger partial charge in [0.2, 0.25) is 5.91 Å². The topological polar surface area (TPSA) is 75.2 Å². The van der Waals surface area contributed by atoms with Gasteiger partial charge >= 0.3 is 0 Å². The maximum atomic E-state index is 11.4. The molecule has 0 aliphatic heterocycles. The summed E-state index contributed by atoms with van der Waals surface area (Å²) in [6, 6.07) is 15.4. The molecule has 2 aromatic carbocycles. The summed E-state index contributed by atoms with van der Waals surface area (Å²) < 4.78 is 11.1. The summed E-state index contributed by atoms with van der Waals surface area (Å²) in [5, 5.41) is 6.09. The number of para-hydroxylation sites is 1. The summed E-state index contributed by atoms with van der Waals surface area (Å²) in [4.78, 5) is 18.2. The van der Waals surface area contributed by atoms with Gasteiger partial charge in [-0.3, -0.25) is 4.79 Å². The largest absolute Gasteiger partial charge is 0.495 e. The maximum absolute atomic E-state index is 11.4. The van der Waals surface area contributed by atoms with Crippen molar-refractivity contribution in [3.8, 4) is 11.5 Å². The molecule has 0 spiro atoms. The number of nitrogens with one attached hydrogen (secondary N) is 2. The number of aliphatic imine (C=N–C) groups is 1. The highest BCUT2D eigenvalue weighted by molar-refractivity contribution is 14.0. The zero-order chi connectivity index (χ0) is 21.1. The first kappa shape index (κ1) is 25.5. The first-order valence-electron chi connectivity index (χ1n) is 9.65. The Hall–Kier alpha value is -2.49. The van der Waals surface area contributed by atoms with E-state index in [4.69, 9.17) is 14.5 Å². The van der Waals surface area contributed by atoms with Gasteiger partial charge in [-0.15, -0.1) is 24.0 Å². The van der Waals surface area contributed by atoms with Gasteiger partial charge in [-0.05, 0) is 36.8 Å². The first-order chi connectivity index (χ1) is 14.0. The number of halogens is 1. The molecule has 0 atom stereocenters. The summed E-state index contributed by atoms with van der Waals surface area (Å²) in [6.07, 6.45) is 0. The molecule has 7 nitrogen and oxygen atoms in total. The Labute approximate surface area is 195 Å². The Balaban J connectivity index is 0.00000450. The number of rotatable bonds is 9. The molecule has 0 aliphatic rings. The molecular weight excluding hydrogens is 495 g/mol. The smallest absolute Gasteiger partial charge is 0.221 e.